The minimum Gasteiger partial charge on any atom is -0.386 e. The lowest BCUT2D eigenvalue weighted by atomic mass is 10.4. The van der Waals surface area contributed by atoms with Gasteiger partial charge in [0.15, 0.2) is 0 Å². The first-order valence-electron chi connectivity index (χ1n) is 3.58. The number of rotatable bonds is 1. The smallest absolute Gasteiger partial charge is 0.0802 e. The van der Waals surface area contributed by atoms with Crippen LogP contribution in [0.25, 0.3) is 0 Å². The van der Waals surface area contributed by atoms with Crippen LogP contribution >= 0.6 is 0 Å². The van der Waals surface area contributed by atoms with E-state index in [2.05, 4.69) is 10.3 Å². The summed E-state index contributed by atoms with van der Waals surface area (Å²) in [5.74, 6) is 0. The molecule has 0 spiro atoms. The highest BCUT2D eigenvalue weighted by molar-refractivity contribution is 5.40. The maximum atomic E-state index is 4.12. The van der Waals surface area contributed by atoms with Gasteiger partial charge in [-0.2, -0.15) is 0 Å². The zero-order chi connectivity index (χ0) is 8.10. The third kappa shape index (κ3) is 1.80. The molecule has 0 fully saturated rings. The standard InChI is InChI=1S/C9H12N2/c1-10-8-6-4-3-5-7-9(8)11-2/h3-7H,1-2H3,(H,10,11). The van der Waals surface area contributed by atoms with E-state index in [0.29, 0.717) is 0 Å². The molecule has 11 heavy (non-hydrogen) atoms. The summed E-state index contributed by atoms with van der Waals surface area (Å²) in [5.41, 5.74) is 1.05. The number of nitrogens with one attached hydrogen (secondary N) is 1. The van der Waals surface area contributed by atoms with Crippen LogP contribution in [0.2, 0.25) is 0 Å². The minimum absolute atomic E-state index is 0.984. The fourth-order valence-corrected chi connectivity index (χ4v) is 0.944. The van der Waals surface area contributed by atoms with Gasteiger partial charge in [-0.3, -0.25) is 4.99 Å². The van der Waals surface area contributed by atoms with E-state index >= 15 is 0 Å². The fraction of sp³-hybridized carbons (Fsp3) is 0.222. The van der Waals surface area contributed by atoms with Crippen molar-refractivity contribution >= 4 is 5.69 Å². The molecule has 0 saturated heterocycles. The van der Waals surface area contributed by atoms with Crippen molar-refractivity contribution in [2.45, 2.75) is 0 Å². The lowest BCUT2D eigenvalue weighted by Gasteiger charge is -1.93. The molecule has 58 valence electrons. The molecule has 0 unspecified atom stereocenters. The molecular formula is C9H12N2. The van der Waals surface area contributed by atoms with Gasteiger partial charge in [-0.25, -0.2) is 0 Å². The molecule has 0 saturated carbocycles. The van der Waals surface area contributed by atoms with Gasteiger partial charge >= 0.3 is 0 Å². The third-order valence-corrected chi connectivity index (χ3v) is 1.53. The van der Waals surface area contributed by atoms with Gasteiger partial charge in [-0.05, 0) is 12.1 Å². The van der Waals surface area contributed by atoms with Gasteiger partial charge < -0.3 is 5.32 Å². The molecule has 2 nitrogen and oxygen atoms in total. The molecule has 1 rings (SSSR count). The Kier molecular flexibility index (Phi) is 2.66. The quantitative estimate of drug-likeness (QED) is 0.637. The number of hydrogen-bond donors (Lipinski definition) is 1. The Hall–Kier alpha value is -1.31. The first-order valence-corrected chi connectivity index (χ1v) is 3.58. The van der Waals surface area contributed by atoms with Crippen molar-refractivity contribution in [2.75, 3.05) is 19.4 Å². The van der Waals surface area contributed by atoms with E-state index in [4.69, 9.17) is 0 Å². The van der Waals surface area contributed by atoms with E-state index in [1.807, 2.05) is 37.4 Å². The average Bonchev–Trinajstić information content (AvgIpc) is 2.27. The summed E-state index contributed by atoms with van der Waals surface area (Å²) in [5, 5.41) is 4.06. The van der Waals surface area contributed by atoms with Crippen LogP contribution in [0.4, 0.5) is 5.69 Å². The van der Waals surface area contributed by atoms with Crippen LogP contribution in [0.5, 0.6) is 0 Å². The summed E-state index contributed by atoms with van der Waals surface area (Å²) in [6.07, 6.45) is 0. The second kappa shape index (κ2) is 3.76. The molecule has 0 heterocycles. The molecule has 0 aliphatic heterocycles. The van der Waals surface area contributed by atoms with E-state index in [1.54, 1.807) is 7.05 Å². The van der Waals surface area contributed by atoms with Crippen molar-refractivity contribution < 1.29 is 0 Å². The molecule has 0 amide bonds. The summed E-state index contributed by atoms with van der Waals surface area (Å²) < 4.78 is 0. The van der Waals surface area contributed by atoms with Gasteiger partial charge in [0.2, 0.25) is 0 Å². The van der Waals surface area contributed by atoms with E-state index in [-0.39, 0.29) is 0 Å². The summed E-state index contributed by atoms with van der Waals surface area (Å²) in [4.78, 5) is 4.12. The van der Waals surface area contributed by atoms with Crippen molar-refractivity contribution in [1.29, 1.82) is 0 Å². The predicted molar refractivity (Wildman–Crippen MR) is 47.5 cm³/mol. The fourth-order valence-electron chi connectivity index (χ4n) is 0.944. The van der Waals surface area contributed by atoms with Crippen molar-refractivity contribution in [3.05, 3.63) is 35.7 Å². The summed E-state index contributed by atoms with van der Waals surface area (Å²) in [7, 11) is 3.68. The van der Waals surface area contributed by atoms with Crippen molar-refractivity contribution in [3.8, 4) is 0 Å². The molecule has 0 radical (unpaired) electrons. The van der Waals surface area contributed by atoms with Gasteiger partial charge in [0.05, 0.1) is 11.0 Å². The Morgan fingerprint density at radius 2 is 1.91 bits per heavy atom. The summed E-state index contributed by atoms with van der Waals surface area (Å²) in [6, 6.07) is 9.92. The molecule has 2 heteroatoms. The molecule has 1 N–H and O–H groups in total. The molecular weight excluding hydrogens is 136 g/mol. The van der Waals surface area contributed by atoms with Crippen molar-refractivity contribution in [3.63, 3.8) is 0 Å². The van der Waals surface area contributed by atoms with Crippen LogP contribution in [-0.2, 0) is 0 Å². The van der Waals surface area contributed by atoms with Crippen LogP contribution in [0.15, 0.2) is 35.3 Å². The normalized spacial score (nSPS) is 11.3. The molecule has 1 aromatic rings. The second-order valence-electron chi connectivity index (χ2n) is 2.18. The second-order valence-corrected chi connectivity index (χ2v) is 2.18. The van der Waals surface area contributed by atoms with Crippen molar-refractivity contribution in [1.82, 2.24) is 0 Å². The van der Waals surface area contributed by atoms with Crippen LogP contribution < -0.4 is 10.7 Å². The number of anilines is 1. The van der Waals surface area contributed by atoms with Gasteiger partial charge in [-0.1, -0.05) is 18.2 Å². The van der Waals surface area contributed by atoms with Gasteiger partial charge in [0.25, 0.3) is 0 Å². The maximum Gasteiger partial charge on any atom is 0.0802 e. The number of hydrogen-bond acceptors (Lipinski definition) is 2. The van der Waals surface area contributed by atoms with E-state index < -0.39 is 0 Å². The number of nitrogens with zero attached hydrogens (tertiary/aromatic N) is 1. The molecule has 0 bridgehead atoms. The first-order chi connectivity index (χ1) is 5.38. The van der Waals surface area contributed by atoms with Crippen LogP contribution in [0, 0.1) is 0 Å². The zero-order valence-electron chi connectivity index (χ0n) is 6.83. The lowest BCUT2D eigenvalue weighted by molar-refractivity contribution is 1.27. The predicted octanol–water partition coefficient (Wildman–Crippen LogP) is 1.26. The summed E-state index contributed by atoms with van der Waals surface area (Å²) >= 11 is 0. The molecule has 0 atom stereocenters. The topological polar surface area (TPSA) is 24.4 Å². The summed E-state index contributed by atoms with van der Waals surface area (Å²) in [6.45, 7) is 0. The monoisotopic (exact) mass is 148 g/mol. The van der Waals surface area contributed by atoms with E-state index in [9.17, 15) is 0 Å². The van der Waals surface area contributed by atoms with Gasteiger partial charge in [-0.15, -0.1) is 0 Å². The Balaban J connectivity index is 3.36. The lowest BCUT2D eigenvalue weighted by Crippen LogP contribution is -2.05. The Labute approximate surface area is 66.6 Å². The van der Waals surface area contributed by atoms with Crippen molar-refractivity contribution in [2.24, 2.45) is 4.99 Å². The van der Waals surface area contributed by atoms with E-state index in [1.165, 1.54) is 0 Å². The molecule has 0 aliphatic rings. The first kappa shape index (κ1) is 7.79. The van der Waals surface area contributed by atoms with Crippen LogP contribution in [0.3, 0.4) is 0 Å². The largest absolute Gasteiger partial charge is 0.386 e. The highest BCUT2D eigenvalue weighted by atomic mass is 14.8. The maximum absolute atomic E-state index is 4.12. The van der Waals surface area contributed by atoms with Gasteiger partial charge in [0, 0.05) is 14.1 Å². The Bertz CT molecular complexity index is 292. The highest BCUT2D eigenvalue weighted by Gasteiger charge is 1.85. The Morgan fingerprint density at radius 3 is 2.55 bits per heavy atom. The SMILES string of the molecule is CN=c1cccccc1NC. The Morgan fingerprint density at radius 1 is 1.18 bits per heavy atom. The highest BCUT2D eigenvalue weighted by Crippen LogP contribution is 1.93. The van der Waals surface area contributed by atoms with Crippen LogP contribution in [0.1, 0.15) is 0 Å². The third-order valence-electron chi connectivity index (χ3n) is 1.53. The zero-order valence-corrected chi connectivity index (χ0v) is 6.83. The van der Waals surface area contributed by atoms with Gasteiger partial charge in [0.1, 0.15) is 0 Å². The average molecular weight is 148 g/mol. The molecule has 1 aromatic carbocycles. The molecule has 0 aliphatic carbocycles. The van der Waals surface area contributed by atoms with E-state index in [0.717, 1.165) is 11.0 Å². The van der Waals surface area contributed by atoms with Crippen LogP contribution in [-0.4, -0.2) is 14.1 Å². The minimum atomic E-state index is 0.984. The molecule has 0 aromatic heterocycles.